The van der Waals surface area contributed by atoms with E-state index in [0.717, 1.165) is 30.8 Å². The van der Waals surface area contributed by atoms with Crippen LogP contribution < -0.4 is 10.6 Å². The first-order chi connectivity index (χ1) is 16.3. The van der Waals surface area contributed by atoms with Gasteiger partial charge in [-0.05, 0) is 98.0 Å². The number of nitrogens with zero attached hydrogens (tertiary/aromatic N) is 4. The van der Waals surface area contributed by atoms with Gasteiger partial charge in [-0.3, -0.25) is 0 Å². The zero-order chi connectivity index (χ0) is 23.9. The maximum Gasteiger partial charge on any atom is 0.407 e. The van der Waals surface area contributed by atoms with E-state index in [2.05, 4.69) is 43.7 Å². The van der Waals surface area contributed by atoms with Gasteiger partial charge in [0.05, 0.1) is 11.7 Å². The second-order valence-electron chi connectivity index (χ2n) is 10.1. The van der Waals surface area contributed by atoms with Crippen LogP contribution in [0.1, 0.15) is 62.7 Å². The van der Waals surface area contributed by atoms with E-state index in [-0.39, 0.29) is 30.0 Å². The van der Waals surface area contributed by atoms with Crippen LogP contribution in [-0.2, 0) is 4.74 Å². The highest BCUT2D eigenvalue weighted by molar-refractivity contribution is 7.10. The highest BCUT2D eigenvalue weighted by Gasteiger charge is 2.48. The summed E-state index contributed by atoms with van der Waals surface area (Å²) in [6.45, 7) is 5.56. The Morgan fingerprint density at radius 3 is 2.62 bits per heavy atom. The van der Waals surface area contributed by atoms with Crippen LogP contribution in [0.5, 0.6) is 0 Å². The molecule has 1 amide bonds. The predicted molar refractivity (Wildman–Crippen MR) is 126 cm³/mol. The number of aromatic nitrogens is 4. The van der Waals surface area contributed by atoms with Crippen molar-refractivity contribution < 1.29 is 13.9 Å². The highest BCUT2D eigenvalue weighted by Crippen LogP contribution is 2.55. The molecule has 0 saturated heterocycles. The third-order valence-corrected chi connectivity index (χ3v) is 7.30. The Kier molecular flexibility index (Phi) is 6.11. The number of hydrogen-bond donors (Lipinski definition) is 2. The highest BCUT2D eigenvalue weighted by atomic mass is 32.1. The second-order valence-corrected chi connectivity index (χ2v) is 11.1. The predicted octanol–water partition coefficient (Wildman–Crippen LogP) is 4.35. The smallest absolute Gasteiger partial charge is 0.407 e. The summed E-state index contributed by atoms with van der Waals surface area (Å²) in [6, 6.07) is 10.7. The van der Waals surface area contributed by atoms with Gasteiger partial charge in [-0.1, -0.05) is 6.07 Å². The van der Waals surface area contributed by atoms with Crippen LogP contribution in [0.25, 0.3) is 5.69 Å². The molecule has 1 unspecified atom stereocenters. The number of amides is 1. The topological polar surface area (TPSA) is 94.0 Å². The summed E-state index contributed by atoms with van der Waals surface area (Å²) in [7, 11) is 0. The number of ether oxygens (including phenoxy) is 1. The van der Waals surface area contributed by atoms with Crippen LogP contribution in [-0.4, -0.2) is 44.0 Å². The molecule has 5 rings (SSSR count). The number of alkyl carbamates (subject to hydrolysis) is 1. The van der Waals surface area contributed by atoms with Gasteiger partial charge in [0.2, 0.25) is 0 Å². The number of nitrogens with one attached hydrogen (secondary N) is 2. The van der Waals surface area contributed by atoms with Crippen molar-refractivity contribution in [3.8, 4) is 5.69 Å². The van der Waals surface area contributed by atoms with Crippen LogP contribution in [0.3, 0.4) is 0 Å². The average Bonchev–Trinajstić information content (AvgIpc) is 3.13. The summed E-state index contributed by atoms with van der Waals surface area (Å²) >= 11 is 1.78. The second kappa shape index (κ2) is 9.07. The summed E-state index contributed by atoms with van der Waals surface area (Å²) in [6.07, 6.45) is 2.29. The molecule has 2 saturated carbocycles. The van der Waals surface area contributed by atoms with Crippen LogP contribution >= 0.6 is 11.3 Å². The molecule has 0 aliphatic heterocycles. The van der Waals surface area contributed by atoms with Crippen LogP contribution in [0.2, 0.25) is 0 Å². The molecule has 0 radical (unpaired) electrons. The minimum Gasteiger partial charge on any atom is -0.444 e. The Morgan fingerprint density at radius 2 is 1.94 bits per heavy atom. The van der Waals surface area contributed by atoms with E-state index in [9.17, 15) is 9.18 Å². The quantitative estimate of drug-likeness (QED) is 0.518. The third-order valence-electron chi connectivity index (χ3n) is 6.29. The zero-order valence-electron chi connectivity index (χ0n) is 19.4. The van der Waals surface area contributed by atoms with Gasteiger partial charge in [-0.25, -0.2) is 9.18 Å². The largest absolute Gasteiger partial charge is 0.444 e. The summed E-state index contributed by atoms with van der Waals surface area (Å²) in [5, 5.41) is 21.3. The van der Waals surface area contributed by atoms with E-state index in [0.29, 0.717) is 11.8 Å². The summed E-state index contributed by atoms with van der Waals surface area (Å²) in [4.78, 5) is 13.5. The van der Waals surface area contributed by atoms with Crippen molar-refractivity contribution in [2.45, 2.75) is 69.7 Å². The van der Waals surface area contributed by atoms with E-state index in [1.54, 1.807) is 28.2 Å². The van der Waals surface area contributed by atoms with Crippen molar-refractivity contribution in [3.63, 3.8) is 0 Å². The number of benzene rings is 1. The molecule has 8 nitrogen and oxygen atoms in total. The molecule has 2 N–H and O–H groups in total. The lowest BCUT2D eigenvalue weighted by Gasteiger charge is -2.38. The number of hydrogen-bond acceptors (Lipinski definition) is 7. The van der Waals surface area contributed by atoms with Crippen molar-refractivity contribution in [1.29, 1.82) is 0 Å². The van der Waals surface area contributed by atoms with Gasteiger partial charge in [-0.15, -0.1) is 16.4 Å². The zero-order valence-corrected chi connectivity index (χ0v) is 20.3. The number of carbonyl (C=O) groups excluding carboxylic acids is 1. The van der Waals surface area contributed by atoms with Crippen molar-refractivity contribution in [2.75, 3.05) is 0 Å². The van der Waals surface area contributed by atoms with E-state index < -0.39 is 5.60 Å². The Hall–Kier alpha value is -2.85. The van der Waals surface area contributed by atoms with Gasteiger partial charge in [0.1, 0.15) is 11.4 Å². The molecule has 0 spiro atoms. The number of rotatable bonds is 7. The first kappa shape index (κ1) is 22.9. The van der Waals surface area contributed by atoms with Gasteiger partial charge in [-0.2, -0.15) is 4.68 Å². The van der Waals surface area contributed by atoms with Crippen LogP contribution in [0.4, 0.5) is 9.18 Å². The standard InChI is InChI=1S/C24H29FN6O2S/c1-24(2,3)33-23(32)27-16-11-15(12-16)26-21(19-13-18(19)20-5-4-10-34-20)22-28-29-30-31(22)17-8-6-14(25)7-9-17/h4-10,15-16,18-19,21,26H,11-13H2,1-3H3,(H,27,32)/t15?,16?,18-,19-,21?/m1/s1. The summed E-state index contributed by atoms with van der Waals surface area (Å²) in [5.41, 5.74) is 0.205. The third kappa shape index (κ3) is 5.12. The molecule has 2 aliphatic carbocycles. The van der Waals surface area contributed by atoms with Crippen molar-refractivity contribution >= 4 is 17.4 Å². The van der Waals surface area contributed by atoms with Crippen LogP contribution in [0, 0.1) is 11.7 Å². The molecular formula is C24H29FN6O2S. The normalized spacial score (nSPS) is 24.8. The lowest BCUT2D eigenvalue weighted by atomic mass is 9.86. The molecule has 34 heavy (non-hydrogen) atoms. The van der Waals surface area contributed by atoms with Gasteiger partial charge < -0.3 is 15.4 Å². The first-order valence-electron chi connectivity index (χ1n) is 11.6. The SMILES string of the molecule is CC(C)(C)OC(=O)NC1CC(NC(c2nnnn2-c2ccc(F)cc2)[C@@H]2C[C@H]2c2cccs2)C1. The van der Waals surface area contributed by atoms with Crippen molar-refractivity contribution in [1.82, 2.24) is 30.8 Å². The fourth-order valence-corrected chi connectivity index (χ4v) is 5.47. The lowest BCUT2D eigenvalue weighted by Crippen LogP contribution is -2.54. The maximum absolute atomic E-state index is 13.5. The monoisotopic (exact) mass is 484 g/mol. The molecule has 1 aromatic carbocycles. The van der Waals surface area contributed by atoms with Gasteiger partial charge in [0, 0.05) is 17.0 Å². The number of tetrazole rings is 1. The van der Waals surface area contributed by atoms with Crippen LogP contribution in [0.15, 0.2) is 41.8 Å². The van der Waals surface area contributed by atoms with E-state index in [4.69, 9.17) is 4.74 Å². The van der Waals surface area contributed by atoms with E-state index >= 15 is 0 Å². The summed E-state index contributed by atoms with van der Waals surface area (Å²) in [5.74, 6) is 1.25. The van der Waals surface area contributed by atoms with Gasteiger partial charge in [0.25, 0.3) is 0 Å². The summed E-state index contributed by atoms with van der Waals surface area (Å²) < 4.78 is 20.5. The first-order valence-corrected chi connectivity index (χ1v) is 12.5. The Balaban J connectivity index is 1.29. The molecule has 3 aromatic rings. The Labute approximate surface area is 201 Å². The van der Waals surface area contributed by atoms with Crippen molar-refractivity contribution in [2.24, 2.45) is 5.92 Å². The molecule has 10 heteroatoms. The van der Waals surface area contributed by atoms with Gasteiger partial charge >= 0.3 is 6.09 Å². The fraction of sp³-hybridized carbons (Fsp3) is 0.500. The minimum atomic E-state index is -0.517. The lowest BCUT2D eigenvalue weighted by molar-refractivity contribution is 0.0461. The molecule has 2 heterocycles. The molecule has 2 fully saturated rings. The van der Waals surface area contributed by atoms with Crippen molar-refractivity contribution in [3.05, 3.63) is 58.3 Å². The minimum absolute atomic E-state index is 0.0559. The molecule has 2 aliphatic rings. The average molecular weight is 485 g/mol. The van der Waals surface area contributed by atoms with E-state index in [1.807, 2.05) is 20.8 Å². The molecule has 180 valence electrons. The molecular weight excluding hydrogens is 455 g/mol. The number of thiophene rings is 1. The number of halogens is 1. The molecule has 0 bridgehead atoms. The van der Waals surface area contributed by atoms with E-state index in [1.165, 1.54) is 17.0 Å². The Bertz CT molecular complexity index is 1120. The number of carbonyl (C=O) groups is 1. The van der Waals surface area contributed by atoms with Gasteiger partial charge in [0.15, 0.2) is 5.82 Å². The Morgan fingerprint density at radius 1 is 1.18 bits per heavy atom. The molecule has 2 aromatic heterocycles. The molecule has 3 atom stereocenters. The maximum atomic E-state index is 13.5. The fourth-order valence-electron chi connectivity index (χ4n) is 4.56.